The fraction of sp³-hybridized carbons (Fsp3) is 0.474. The maximum atomic E-state index is 11.2. The molecule has 0 spiro atoms. The first-order chi connectivity index (χ1) is 12.5. The maximum absolute atomic E-state index is 11.2. The van der Waals surface area contributed by atoms with E-state index >= 15 is 0 Å². The first-order valence-electron chi connectivity index (χ1n) is 8.80. The summed E-state index contributed by atoms with van der Waals surface area (Å²) in [5, 5.41) is 22.1. The molecule has 0 bridgehead atoms. The van der Waals surface area contributed by atoms with Crippen molar-refractivity contribution in [1.29, 1.82) is 0 Å². The second-order valence-corrected chi connectivity index (χ2v) is 7.47. The third-order valence-electron chi connectivity index (χ3n) is 6.52. The number of non-ortho nitro benzene ring substituents is 1. The Labute approximate surface area is 150 Å². The minimum Gasteiger partial charge on any atom is -0.376 e. The van der Waals surface area contributed by atoms with Crippen LogP contribution in [0.1, 0.15) is 31.2 Å². The van der Waals surface area contributed by atoms with Crippen LogP contribution in [0.2, 0.25) is 0 Å². The molecule has 4 rings (SSSR count). The van der Waals surface area contributed by atoms with Gasteiger partial charge in [0.05, 0.1) is 34.7 Å². The van der Waals surface area contributed by atoms with Crippen molar-refractivity contribution in [3.8, 4) is 0 Å². The van der Waals surface area contributed by atoms with Crippen LogP contribution in [0.4, 0.5) is 11.4 Å². The van der Waals surface area contributed by atoms with Gasteiger partial charge in [-0.2, -0.15) is 0 Å². The summed E-state index contributed by atoms with van der Waals surface area (Å²) in [6.45, 7) is 0.662. The van der Waals surface area contributed by atoms with Crippen molar-refractivity contribution >= 4 is 11.4 Å². The summed E-state index contributed by atoms with van der Waals surface area (Å²) in [6, 6.07) is 3.71. The van der Waals surface area contributed by atoms with Crippen molar-refractivity contribution < 1.29 is 14.6 Å². The SMILES string of the molecule is O=[N+]([O-])c1ccc(COCC2C34CC=CCC23CC=CC4)c([N+](=O)[O-])c1. The van der Waals surface area contributed by atoms with Crippen LogP contribution in [0.5, 0.6) is 0 Å². The topological polar surface area (TPSA) is 95.5 Å². The van der Waals surface area contributed by atoms with Crippen LogP contribution in [0.15, 0.2) is 42.5 Å². The van der Waals surface area contributed by atoms with E-state index in [4.69, 9.17) is 4.74 Å². The number of ether oxygens (including phenoxy) is 1. The van der Waals surface area contributed by atoms with Gasteiger partial charge in [0.15, 0.2) is 0 Å². The van der Waals surface area contributed by atoms with Gasteiger partial charge >= 0.3 is 0 Å². The molecule has 3 aliphatic carbocycles. The first kappa shape index (κ1) is 16.9. The van der Waals surface area contributed by atoms with Crippen molar-refractivity contribution in [3.63, 3.8) is 0 Å². The Morgan fingerprint density at radius 3 is 2.04 bits per heavy atom. The van der Waals surface area contributed by atoms with E-state index in [9.17, 15) is 20.2 Å². The molecule has 7 heteroatoms. The number of nitrogens with zero attached hydrogens (tertiary/aromatic N) is 2. The lowest BCUT2D eigenvalue weighted by Crippen LogP contribution is -2.17. The van der Waals surface area contributed by atoms with Gasteiger partial charge in [-0.15, -0.1) is 0 Å². The molecule has 0 atom stereocenters. The zero-order valence-corrected chi connectivity index (χ0v) is 14.3. The molecule has 7 nitrogen and oxygen atoms in total. The van der Waals surface area contributed by atoms with Crippen LogP contribution >= 0.6 is 0 Å². The van der Waals surface area contributed by atoms with E-state index in [1.807, 2.05) is 0 Å². The van der Waals surface area contributed by atoms with Crippen LogP contribution in [0.3, 0.4) is 0 Å². The molecule has 0 amide bonds. The Morgan fingerprint density at radius 2 is 1.54 bits per heavy atom. The maximum Gasteiger partial charge on any atom is 0.281 e. The third-order valence-corrected chi connectivity index (χ3v) is 6.52. The third kappa shape index (κ3) is 2.38. The van der Waals surface area contributed by atoms with Crippen molar-refractivity contribution in [3.05, 3.63) is 68.3 Å². The van der Waals surface area contributed by atoms with Gasteiger partial charge in [-0.3, -0.25) is 20.2 Å². The number of benzene rings is 1. The van der Waals surface area contributed by atoms with Gasteiger partial charge in [0.25, 0.3) is 11.4 Å². The molecule has 0 unspecified atom stereocenters. The van der Waals surface area contributed by atoms with Gasteiger partial charge in [-0.05, 0) is 48.5 Å². The summed E-state index contributed by atoms with van der Waals surface area (Å²) in [5.41, 5.74) is 0.410. The molecule has 1 aromatic carbocycles. The van der Waals surface area contributed by atoms with Crippen molar-refractivity contribution in [1.82, 2.24) is 0 Å². The number of hydrogen-bond acceptors (Lipinski definition) is 5. The smallest absolute Gasteiger partial charge is 0.281 e. The normalized spacial score (nSPS) is 31.2. The Bertz CT molecular complexity index is 785. The van der Waals surface area contributed by atoms with E-state index in [2.05, 4.69) is 24.3 Å². The molecule has 0 heterocycles. The van der Waals surface area contributed by atoms with Crippen LogP contribution < -0.4 is 0 Å². The summed E-state index contributed by atoms with van der Waals surface area (Å²) >= 11 is 0. The highest BCUT2D eigenvalue weighted by molar-refractivity contribution is 5.48. The van der Waals surface area contributed by atoms with E-state index < -0.39 is 9.85 Å². The first-order valence-corrected chi connectivity index (χ1v) is 8.80. The average Bonchev–Trinajstić information content (AvgIpc) is 3.24. The van der Waals surface area contributed by atoms with E-state index in [1.165, 1.54) is 12.1 Å². The molecule has 3 aliphatic rings. The molecule has 0 aromatic heterocycles. The Morgan fingerprint density at radius 1 is 0.962 bits per heavy atom. The number of nitro benzene ring substituents is 2. The number of nitro groups is 2. The van der Waals surface area contributed by atoms with Crippen LogP contribution in [-0.4, -0.2) is 16.5 Å². The van der Waals surface area contributed by atoms with Crippen LogP contribution in [0.25, 0.3) is 0 Å². The standard InChI is InChI=1S/C19H20N2O5/c22-20(23)15-6-5-14(16(11-15)21(24)25)12-26-13-17-18-7-1-2-8-19(17,18)10-4-3-9-18/h1-6,11,17H,7-10,12-13H2. The zero-order chi connectivity index (χ0) is 18.4. The Kier molecular flexibility index (Phi) is 3.91. The summed E-state index contributed by atoms with van der Waals surface area (Å²) in [5.74, 6) is 0.456. The summed E-state index contributed by atoms with van der Waals surface area (Å²) in [6.07, 6.45) is 13.3. The van der Waals surface area contributed by atoms with Crippen molar-refractivity contribution in [2.45, 2.75) is 32.3 Å². The van der Waals surface area contributed by atoms with E-state index in [0.29, 0.717) is 18.1 Å². The molecule has 1 fully saturated rings. The van der Waals surface area contributed by atoms with Gasteiger partial charge in [0.1, 0.15) is 0 Å². The minimum absolute atomic E-state index is 0.0951. The molecular formula is C19H20N2O5. The molecule has 0 radical (unpaired) electrons. The second kappa shape index (κ2) is 6.02. The Hall–Kier alpha value is -2.54. The fourth-order valence-electron chi connectivity index (χ4n) is 5.13. The highest BCUT2D eigenvalue weighted by Gasteiger charge is 2.74. The predicted octanol–water partition coefficient (Wildman–Crippen LogP) is 4.32. The predicted molar refractivity (Wildman–Crippen MR) is 94.5 cm³/mol. The molecule has 136 valence electrons. The largest absolute Gasteiger partial charge is 0.376 e. The van der Waals surface area contributed by atoms with Crippen LogP contribution in [0, 0.1) is 37.0 Å². The molecule has 0 N–H and O–H groups in total. The quantitative estimate of drug-likeness (QED) is 0.429. The van der Waals surface area contributed by atoms with Crippen molar-refractivity contribution in [2.75, 3.05) is 6.61 Å². The van der Waals surface area contributed by atoms with E-state index in [1.54, 1.807) is 0 Å². The Balaban J connectivity index is 1.45. The molecule has 1 aromatic rings. The van der Waals surface area contributed by atoms with Gasteiger partial charge in [-0.25, -0.2) is 0 Å². The average molecular weight is 356 g/mol. The number of rotatable bonds is 6. The minimum atomic E-state index is -0.629. The lowest BCUT2D eigenvalue weighted by molar-refractivity contribution is -0.394. The van der Waals surface area contributed by atoms with E-state index in [-0.39, 0.29) is 28.8 Å². The highest BCUT2D eigenvalue weighted by Crippen LogP contribution is 2.79. The molecule has 26 heavy (non-hydrogen) atoms. The molecular weight excluding hydrogens is 336 g/mol. The number of allylic oxidation sites excluding steroid dienone is 4. The van der Waals surface area contributed by atoms with Gasteiger partial charge < -0.3 is 4.74 Å². The van der Waals surface area contributed by atoms with Gasteiger partial charge in [0.2, 0.25) is 0 Å². The lowest BCUT2D eigenvalue weighted by Gasteiger charge is -2.28. The molecule has 1 saturated carbocycles. The monoisotopic (exact) mass is 356 g/mol. The van der Waals surface area contributed by atoms with E-state index in [0.717, 1.165) is 31.7 Å². The van der Waals surface area contributed by atoms with Crippen molar-refractivity contribution in [2.24, 2.45) is 16.7 Å². The summed E-state index contributed by atoms with van der Waals surface area (Å²) < 4.78 is 5.88. The molecule has 0 saturated heterocycles. The summed E-state index contributed by atoms with van der Waals surface area (Å²) in [7, 11) is 0. The summed E-state index contributed by atoms with van der Waals surface area (Å²) in [4.78, 5) is 20.8. The highest BCUT2D eigenvalue weighted by atomic mass is 16.6. The lowest BCUT2D eigenvalue weighted by atomic mass is 9.76. The van der Waals surface area contributed by atoms with Crippen LogP contribution in [-0.2, 0) is 11.3 Å². The van der Waals surface area contributed by atoms with Gasteiger partial charge in [-0.1, -0.05) is 24.3 Å². The second-order valence-electron chi connectivity index (χ2n) is 7.47. The number of hydrogen-bond donors (Lipinski definition) is 0. The van der Waals surface area contributed by atoms with Gasteiger partial charge in [0, 0.05) is 6.07 Å². The zero-order valence-electron chi connectivity index (χ0n) is 14.3. The fourth-order valence-corrected chi connectivity index (χ4v) is 5.13. The molecule has 0 aliphatic heterocycles.